The van der Waals surface area contributed by atoms with E-state index in [0.717, 1.165) is 0 Å². The number of hydrogen-bond donors (Lipinski definition) is 2. The van der Waals surface area contributed by atoms with Gasteiger partial charge in [0.15, 0.2) is 5.38 Å². The van der Waals surface area contributed by atoms with Crippen molar-refractivity contribution in [2.45, 2.75) is 5.38 Å². The summed E-state index contributed by atoms with van der Waals surface area (Å²) in [5.74, 6) is -1.09. The molecule has 0 saturated heterocycles. The molecule has 1 aromatic carbocycles. The van der Waals surface area contributed by atoms with E-state index in [1.54, 1.807) is 24.3 Å². The van der Waals surface area contributed by atoms with Gasteiger partial charge >= 0.3 is 5.97 Å². The molecule has 1 aromatic rings. The molecule has 0 aliphatic heterocycles. The topological polar surface area (TPSA) is 63.3 Å². The summed E-state index contributed by atoms with van der Waals surface area (Å²) in [7, 11) is 0. The second kappa shape index (κ2) is 3.45. The van der Waals surface area contributed by atoms with Crippen LogP contribution in [0.3, 0.4) is 0 Å². The quantitative estimate of drug-likeness (QED) is 0.544. The van der Waals surface area contributed by atoms with Crippen LogP contribution in [0.4, 0.5) is 5.69 Å². The molecule has 0 saturated carbocycles. The van der Waals surface area contributed by atoms with Crippen LogP contribution in [0.1, 0.15) is 10.9 Å². The van der Waals surface area contributed by atoms with Crippen molar-refractivity contribution in [1.29, 1.82) is 0 Å². The summed E-state index contributed by atoms with van der Waals surface area (Å²) in [5.41, 5.74) is 6.35. The number of hydrogen-bond acceptors (Lipinski definition) is 2. The lowest BCUT2D eigenvalue weighted by Gasteiger charge is -2.06. The van der Waals surface area contributed by atoms with E-state index >= 15 is 0 Å². The molecule has 0 radical (unpaired) electrons. The van der Waals surface area contributed by atoms with Gasteiger partial charge in [-0.25, -0.2) is 0 Å². The number of carboxylic acid groups (broad SMARTS) is 1. The number of rotatable bonds is 2. The highest BCUT2D eigenvalue weighted by Crippen LogP contribution is 2.25. The second-order valence-corrected chi connectivity index (χ2v) is 2.77. The molecule has 4 heteroatoms. The highest BCUT2D eigenvalue weighted by Gasteiger charge is 2.17. The Morgan fingerprint density at radius 3 is 2.58 bits per heavy atom. The van der Waals surface area contributed by atoms with Crippen molar-refractivity contribution in [3.63, 3.8) is 0 Å². The first kappa shape index (κ1) is 8.87. The first-order valence-electron chi connectivity index (χ1n) is 3.34. The average molecular weight is 186 g/mol. The number of aliphatic carboxylic acids is 1. The zero-order valence-electron chi connectivity index (χ0n) is 6.20. The van der Waals surface area contributed by atoms with Crippen LogP contribution in [0.2, 0.25) is 0 Å². The van der Waals surface area contributed by atoms with E-state index in [9.17, 15) is 4.79 Å². The maximum absolute atomic E-state index is 10.5. The van der Waals surface area contributed by atoms with Crippen molar-refractivity contribution in [2.24, 2.45) is 0 Å². The molecule has 0 heterocycles. The molecule has 0 spiro atoms. The molecule has 3 N–H and O–H groups in total. The molecule has 12 heavy (non-hydrogen) atoms. The lowest BCUT2D eigenvalue weighted by Crippen LogP contribution is -2.07. The van der Waals surface area contributed by atoms with Gasteiger partial charge in [-0.05, 0) is 6.07 Å². The number of carbonyl (C=O) groups is 1. The van der Waals surface area contributed by atoms with Crippen LogP contribution < -0.4 is 5.73 Å². The fourth-order valence-electron chi connectivity index (χ4n) is 0.875. The molecule has 1 atom stereocenters. The Bertz CT molecular complexity index is 301. The van der Waals surface area contributed by atoms with E-state index in [-0.39, 0.29) is 0 Å². The summed E-state index contributed by atoms with van der Waals surface area (Å²) >= 11 is 5.57. The molecule has 0 aliphatic carbocycles. The van der Waals surface area contributed by atoms with Crippen LogP contribution >= 0.6 is 11.6 Å². The first-order chi connectivity index (χ1) is 5.63. The number of nitrogens with two attached hydrogens (primary N) is 1. The van der Waals surface area contributed by atoms with Crippen LogP contribution in [0.15, 0.2) is 24.3 Å². The Morgan fingerprint density at radius 1 is 1.50 bits per heavy atom. The molecule has 0 amide bonds. The molecule has 0 aromatic heterocycles. The first-order valence-corrected chi connectivity index (χ1v) is 3.78. The van der Waals surface area contributed by atoms with E-state index in [4.69, 9.17) is 22.4 Å². The Labute approximate surface area is 74.8 Å². The number of alkyl halides is 1. The summed E-state index contributed by atoms with van der Waals surface area (Å²) in [5, 5.41) is 7.51. The van der Waals surface area contributed by atoms with Gasteiger partial charge in [0.2, 0.25) is 0 Å². The van der Waals surface area contributed by atoms with Crippen LogP contribution in [0.25, 0.3) is 0 Å². The van der Waals surface area contributed by atoms with Crippen molar-refractivity contribution in [2.75, 3.05) is 5.73 Å². The Balaban J connectivity index is 3.02. The number of benzene rings is 1. The van der Waals surface area contributed by atoms with Crippen molar-refractivity contribution >= 4 is 23.3 Å². The SMILES string of the molecule is Nc1ccccc1C(Cl)C(=O)O. The van der Waals surface area contributed by atoms with Crippen molar-refractivity contribution in [1.82, 2.24) is 0 Å². The maximum atomic E-state index is 10.5. The molecule has 0 bridgehead atoms. The normalized spacial score (nSPS) is 12.4. The minimum Gasteiger partial charge on any atom is -0.480 e. The smallest absolute Gasteiger partial charge is 0.326 e. The number of nitrogen functional groups attached to an aromatic ring is 1. The molecule has 64 valence electrons. The lowest BCUT2D eigenvalue weighted by atomic mass is 10.1. The molecule has 3 nitrogen and oxygen atoms in total. The van der Waals surface area contributed by atoms with Crippen LogP contribution in [0, 0.1) is 0 Å². The monoisotopic (exact) mass is 185 g/mol. The number of anilines is 1. The minimum atomic E-state index is -1.09. The van der Waals surface area contributed by atoms with Gasteiger partial charge in [-0.2, -0.15) is 0 Å². The van der Waals surface area contributed by atoms with Gasteiger partial charge in [0.1, 0.15) is 0 Å². The minimum absolute atomic E-state index is 0.403. The molecular weight excluding hydrogens is 178 g/mol. The molecule has 1 rings (SSSR count). The average Bonchev–Trinajstić information content (AvgIpc) is 2.04. The number of halogens is 1. The Kier molecular flexibility index (Phi) is 2.55. The van der Waals surface area contributed by atoms with Crippen LogP contribution in [-0.4, -0.2) is 11.1 Å². The maximum Gasteiger partial charge on any atom is 0.326 e. The third-order valence-corrected chi connectivity index (χ3v) is 1.91. The standard InChI is InChI=1S/C8H8ClNO2/c9-7(8(11)12)5-3-1-2-4-6(5)10/h1-4,7H,10H2,(H,11,12). The van der Waals surface area contributed by atoms with Crippen molar-refractivity contribution < 1.29 is 9.90 Å². The molecule has 1 unspecified atom stereocenters. The van der Waals surface area contributed by atoms with E-state index < -0.39 is 11.3 Å². The molecule has 0 fully saturated rings. The van der Waals surface area contributed by atoms with Gasteiger partial charge in [-0.3, -0.25) is 4.79 Å². The zero-order valence-corrected chi connectivity index (χ0v) is 6.95. The summed E-state index contributed by atoms with van der Waals surface area (Å²) in [6.07, 6.45) is 0. The van der Waals surface area contributed by atoms with E-state index in [0.29, 0.717) is 11.3 Å². The van der Waals surface area contributed by atoms with E-state index in [1.807, 2.05) is 0 Å². The summed E-state index contributed by atoms with van der Waals surface area (Å²) < 4.78 is 0. The van der Waals surface area contributed by atoms with Gasteiger partial charge in [0.05, 0.1) is 0 Å². The molecule has 0 aliphatic rings. The van der Waals surface area contributed by atoms with Gasteiger partial charge < -0.3 is 10.8 Å². The van der Waals surface area contributed by atoms with E-state index in [2.05, 4.69) is 0 Å². The number of carboxylic acids is 1. The predicted octanol–water partition coefficient (Wildman–Crippen LogP) is 1.63. The van der Waals surface area contributed by atoms with Crippen molar-refractivity contribution in [3.05, 3.63) is 29.8 Å². The third kappa shape index (κ3) is 1.68. The van der Waals surface area contributed by atoms with Gasteiger partial charge in [0.25, 0.3) is 0 Å². The zero-order chi connectivity index (χ0) is 9.14. The summed E-state index contributed by atoms with van der Waals surface area (Å²) in [6, 6.07) is 6.64. The summed E-state index contributed by atoms with van der Waals surface area (Å²) in [6.45, 7) is 0. The fraction of sp³-hybridized carbons (Fsp3) is 0.125. The highest BCUT2D eigenvalue weighted by atomic mass is 35.5. The largest absolute Gasteiger partial charge is 0.480 e. The summed E-state index contributed by atoms with van der Waals surface area (Å²) in [4.78, 5) is 10.5. The number of para-hydroxylation sites is 1. The van der Waals surface area contributed by atoms with Gasteiger partial charge in [0, 0.05) is 11.3 Å². The predicted molar refractivity (Wildman–Crippen MR) is 47.1 cm³/mol. The fourth-order valence-corrected chi connectivity index (χ4v) is 1.07. The highest BCUT2D eigenvalue weighted by molar-refractivity contribution is 6.30. The lowest BCUT2D eigenvalue weighted by molar-refractivity contribution is -0.136. The van der Waals surface area contributed by atoms with Crippen molar-refractivity contribution in [3.8, 4) is 0 Å². The van der Waals surface area contributed by atoms with Crippen LogP contribution in [0.5, 0.6) is 0 Å². The Morgan fingerprint density at radius 2 is 2.08 bits per heavy atom. The Hall–Kier alpha value is -1.22. The van der Waals surface area contributed by atoms with Gasteiger partial charge in [-0.15, -0.1) is 11.6 Å². The van der Waals surface area contributed by atoms with E-state index in [1.165, 1.54) is 0 Å². The second-order valence-electron chi connectivity index (χ2n) is 2.33. The molecular formula is C8H8ClNO2. The third-order valence-electron chi connectivity index (χ3n) is 1.49. The van der Waals surface area contributed by atoms with Crippen LogP contribution in [-0.2, 0) is 4.79 Å². The van der Waals surface area contributed by atoms with Gasteiger partial charge in [-0.1, -0.05) is 18.2 Å².